The Morgan fingerprint density at radius 1 is 0.435 bits per heavy atom. The minimum Gasteiger partial charge on any atom is -0.394 e. The summed E-state index contributed by atoms with van der Waals surface area (Å²) in [6.45, 7) is 1.70. The number of carbonyl (C=O) groups is 1. The van der Waals surface area contributed by atoms with Crippen LogP contribution in [0.25, 0.3) is 0 Å². The Morgan fingerprint density at radius 2 is 0.812 bits per heavy atom. The molecule has 3 aliphatic rings. The lowest BCUT2D eigenvalue weighted by Crippen LogP contribution is -2.66. The van der Waals surface area contributed by atoms with Gasteiger partial charge in [0.05, 0.1) is 38.6 Å². The van der Waals surface area contributed by atoms with E-state index in [0.717, 1.165) is 89.9 Å². The Kier molecular flexibility index (Phi) is 44.4. The Hall–Kier alpha value is -1.99. The summed E-state index contributed by atoms with van der Waals surface area (Å²) in [5, 5.41) is 121. The summed E-state index contributed by atoms with van der Waals surface area (Å²) in [6.07, 6.45) is 27.9. The number of carbonyl (C=O) groups excluding carboxylic acids is 1. The van der Waals surface area contributed by atoms with Gasteiger partial charge in [-0.3, -0.25) is 4.79 Å². The summed E-state index contributed by atoms with van der Waals surface area (Å²) in [7, 11) is 0. The quantitative estimate of drug-likeness (QED) is 0.0202. The number of hydrogen-bond donors (Lipinski definition) is 12. The number of aliphatic hydroxyl groups excluding tert-OH is 11. The second kappa shape index (κ2) is 48.8. The Bertz CT molecular complexity index is 1690. The lowest BCUT2D eigenvalue weighted by atomic mass is 9.96. The van der Waals surface area contributed by atoms with Gasteiger partial charge in [-0.1, -0.05) is 230 Å². The third-order valence-electron chi connectivity index (χ3n) is 17.0. The number of rotatable bonds is 51. The topological polar surface area (TPSA) is 307 Å². The summed E-state index contributed by atoms with van der Waals surface area (Å²) in [5.41, 5.74) is 0. The second-order valence-electron chi connectivity index (χ2n) is 24.3. The van der Waals surface area contributed by atoms with Gasteiger partial charge in [0.25, 0.3) is 0 Å². The van der Waals surface area contributed by atoms with Crippen LogP contribution in [0, 0.1) is 0 Å². The van der Waals surface area contributed by atoms with Crippen LogP contribution >= 0.6 is 0 Å². The van der Waals surface area contributed by atoms with Crippen LogP contribution in [-0.2, 0) is 33.2 Å². The summed E-state index contributed by atoms with van der Waals surface area (Å²) >= 11 is 0. The fourth-order valence-corrected chi connectivity index (χ4v) is 11.5. The van der Waals surface area contributed by atoms with Gasteiger partial charge in [-0.25, -0.2) is 0 Å². The SMILES string of the molecule is CC/C=C\C/C=C\C/C=C\CCCCCCCCCC(=O)NC(COC1OC(CO)C(OC2OC(CO)C(OC3OC(CO)C(O)C(O)C3O)C(O)C2O)C(O)C1O)C(O)CCCCCCCCCCCCCCCCCCCCCCCCC. The van der Waals surface area contributed by atoms with E-state index in [4.69, 9.17) is 28.4 Å². The van der Waals surface area contributed by atoms with E-state index >= 15 is 0 Å². The number of ether oxygens (including phenoxy) is 6. The third-order valence-corrected chi connectivity index (χ3v) is 17.0. The normalized spacial score (nSPS) is 29.2. The molecule has 3 fully saturated rings. The van der Waals surface area contributed by atoms with Crippen molar-refractivity contribution < 1.29 is 89.4 Å². The molecule has 3 heterocycles. The van der Waals surface area contributed by atoms with Gasteiger partial charge in [-0.2, -0.15) is 0 Å². The predicted octanol–water partition coefficient (Wildman–Crippen LogP) is 8.05. The maximum Gasteiger partial charge on any atom is 0.220 e. The first-order valence-corrected chi connectivity index (χ1v) is 33.7. The standard InChI is InChI=1S/C66H121NO18/c1-3-5-7-9-11-13-15-17-19-21-22-23-24-25-26-28-29-31-33-35-37-39-41-43-50(71)49(67-54(72)44-42-40-38-36-34-32-30-27-20-18-16-14-12-10-8-6-4-2)48-80-64-60(78)57(75)62(52(46-69)82-64)85-66-61(79)58(76)63(53(47-70)83-66)84-65-59(77)56(74)55(73)51(45-68)81-65/h6,8,12,14,18,20,49-53,55-66,68-71,73-79H,3-5,7,9-11,13,15-17,19,21-48H2,1-2H3,(H,67,72)/b8-6-,14-12-,20-18-. The molecule has 0 spiro atoms. The molecule has 0 aliphatic carbocycles. The predicted molar refractivity (Wildman–Crippen MR) is 328 cm³/mol. The van der Waals surface area contributed by atoms with Crippen molar-refractivity contribution in [2.45, 2.75) is 349 Å². The highest BCUT2D eigenvalue weighted by Crippen LogP contribution is 2.33. The summed E-state index contributed by atoms with van der Waals surface area (Å²) < 4.78 is 34.4. The van der Waals surface area contributed by atoms with E-state index in [1.165, 1.54) is 122 Å². The molecule has 1 amide bonds. The second-order valence-corrected chi connectivity index (χ2v) is 24.3. The zero-order chi connectivity index (χ0) is 61.9. The molecule has 12 N–H and O–H groups in total. The number of hydrogen-bond acceptors (Lipinski definition) is 18. The van der Waals surface area contributed by atoms with Crippen molar-refractivity contribution >= 4 is 5.91 Å². The Labute approximate surface area is 511 Å². The highest BCUT2D eigenvalue weighted by atomic mass is 16.8. The van der Waals surface area contributed by atoms with Crippen LogP contribution in [-0.4, -0.2) is 193 Å². The molecule has 498 valence electrons. The monoisotopic (exact) mass is 1220 g/mol. The average molecular weight is 1220 g/mol. The molecule has 19 nitrogen and oxygen atoms in total. The van der Waals surface area contributed by atoms with Crippen molar-refractivity contribution in [1.82, 2.24) is 5.32 Å². The molecule has 85 heavy (non-hydrogen) atoms. The van der Waals surface area contributed by atoms with E-state index < -0.39 is 124 Å². The van der Waals surface area contributed by atoms with Gasteiger partial charge in [0.1, 0.15) is 73.2 Å². The van der Waals surface area contributed by atoms with Gasteiger partial charge in [-0.15, -0.1) is 0 Å². The van der Waals surface area contributed by atoms with Crippen LogP contribution in [0.4, 0.5) is 0 Å². The molecule has 0 aromatic carbocycles. The molecular weight excluding hydrogens is 1090 g/mol. The number of allylic oxidation sites excluding steroid dienone is 6. The highest BCUT2D eigenvalue weighted by molar-refractivity contribution is 5.76. The molecule has 0 bridgehead atoms. The highest BCUT2D eigenvalue weighted by Gasteiger charge is 2.53. The number of nitrogens with one attached hydrogen (secondary N) is 1. The molecule has 3 aliphatic heterocycles. The maximum atomic E-state index is 13.4. The molecule has 0 saturated carbocycles. The fourth-order valence-electron chi connectivity index (χ4n) is 11.5. The lowest BCUT2D eigenvalue weighted by Gasteiger charge is -2.48. The molecule has 0 aromatic rings. The van der Waals surface area contributed by atoms with Crippen molar-refractivity contribution in [2.75, 3.05) is 26.4 Å². The van der Waals surface area contributed by atoms with E-state index in [0.29, 0.717) is 12.8 Å². The molecule has 17 unspecified atom stereocenters. The van der Waals surface area contributed by atoms with Crippen LogP contribution in [0.5, 0.6) is 0 Å². The van der Waals surface area contributed by atoms with Crippen molar-refractivity contribution in [3.63, 3.8) is 0 Å². The third kappa shape index (κ3) is 31.5. The van der Waals surface area contributed by atoms with Gasteiger partial charge in [0, 0.05) is 6.42 Å². The van der Waals surface area contributed by atoms with Crippen LogP contribution in [0.2, 0.25) is 0 Å². The number of unbranched alkanes of at least 4 members (excludes halogenated alkanes) is 29. The van der Waals surface area contributed by atoms with Crippen molar-refractivity contribution in [3.05, 3.63) is 36.5 Å². The van der Waals surface area contributed by atoms with E-state index in [-0.39, 0.29) is 18.9 Å². The maximum absolute atomic E-state index is 13.4. The first-order valence-electron chi connectivity index (χ1n) is 33.7. The van der Waals surface area contributed by atoms with Crippen LogP contribution < -0.4 is 5.32 Å². The minimum atomic E-state index is -1.97. The first kappa shape index (κ1) is 77.3. The largest absolute Gasteiger partial charge is 0.394 e. The molecular formula is C66H121NO18. The van der Waals surface area contributed by atoms with E-state index in [1.807, 2.05) is 0 Å². The van der Waals surface area contributed by atoms with Crippen LogP contribution in [0.1, 0.15) is 245 Å². The summed E-state index contributed by atoms with van der Waals surface area (Å²) in [4.78, 5) is 13.4. The zero-order valence-corrected chi connectivity index (χ0v) is 52.3. The van der Waals surface area contributed by atoms with Gasteiger partial charge >= 0.3 is 0 Å². The zero-order valence-electron chi connectivity index (χ0n) is 52.3. The summed E-state index contributed by atoms with van der Waals surface area (Å²) in [6, 6.07) is -0.893. The van der Waals surface area contributed by atoms with Gasteiger partial charge in [0.15, 0.2) is 18.9 Å². The van der Waals surface area contributed by atoms with Crippen molar-refractivity contribution in [3.8, 4) is 0 Å². The Morgan fingerprint density at radius 3 is 1.27 bits per heavy atom. The molecule has 3 rings (SSSR count). The molecule has 17 atom stereocenters. The lowest BCUT2D eigenvalue weighted by molar-refractivity contribution is -0.379. The molecule has 0 aromatic heterocycles. The number of aliphatic hydroxyl groups is 11. The Balaban J connectivity index is 1.44. The van der Waals surface area contributed by atoms with Gasteiger partial charge < -0.3 is 89.9 Å². The smallest absolute Gasteiger partial charge is 0.220 e. The van der Waals surface area contributed by atoms with Gasteiger partial charge in [-0.05, 0) is 44.9 Å². The van der Waals surface area contributed by atoms with Gasteiger partial charge in [0.2, 0.25) is 5.91 Å². The molecule has 3 saturated heterocycles. The van der Waals surface area contributed by atoms with E-state index in [1.54, 1.807) is 0 Å². The first-order chi connectivity index (χ1) is 41.3. The summed E-state index contributed by atoms with van der Waals surface area (Å²) in [5.74, 6) is -0.252. The average Bonchev–Trinajstić information content (AvgIpc) is 3.10. The molecule has 0 radical (unpaired) electrons. The minimum absolute atomic E-state index is 0.252. The number of amides is 1. The van der Waals surface area contributed by atoms with E-state index in [9.17, 15) is 61.0 Å². The van der Waals surface area contributed by atoms with Crippen LogP contribution in [0.3, 0.4) is 0 Å². The fraction of sp³-hybridized carbons (Fsp3) is 0.894. The van der Waals surface area contributed by atoms with E-state index in [2.05, 4.69) is 55.6 Å². The van der Waals surface area contributed by atoms with Crippen molar-refractivity contribution in [1.29, 1.82) is 0 Å². The molecule has 19 heteroatoms. The van der Waals surface area contributed by atoms with Crippen LogP contribution in [0.15, 0.2) is 36.5 Å². The van der Waals surface area contributed by atoms with Crippen molar-refractivity contribution in [2.24, 2.45) is 0 Å².